The van der Waals surface area contributed by atoms with Crippen molar-refractivity contribution in [1.82, 2.24) is 14.0 Å². The van der Waals surface area contributed by atoms with E-state index in [1.165, 1.54) is 6.07 Å². The molecule has 1 aromatic carbocycles. The molecule has 2 aromatic heterocycles. The molecular weight excluding hydrogens is 396 g/mol. The van der Waals surface area contributed by atoms with Gasteiger partial charge in [-0.3, -0.25) is 9.59 Å². The maximum atomic E-state index is 13.6. The second-order valence-corrected chi connectivity index (χ2v) is 8.96. The van der Waals surface area contributed by atoms with E-state index in [4.69, 9.17) is 0 Å². The highest BCUT2D eigenvalue weighted by Gasteiger charge is 2.38. The van der Waals surface area contributed by atoms with E-state index in [0.717, 1.165) is 23.0 Å². The molecule has 5 rings (SSSR count). The Hall–Kier alpha value is -2.94. The Balaban J connectivity index is 1.49. The Labute approximate surface area is 179 Å². The van der Waals surface area contributed by atoms with Crippen LogP contribution in [0.25, 0.3) is 10.9 Å². The van der Waals surface area contributed by atoms with Crippen LogP contribution in [0.3, 0.4) is 0 Å². The third-order valence-electron chi connectivity index (χ3n) is 6.65. The fourth-order valence-corrected chi connectivity index (χ4v) is 5.25. The predicted octanol–water partition coefficient (Wildman–Crippen LogP) is 2.05. The molecule has 4 heterocycles. The number of hydrogen-bond donors (Lipinski definition) is 2. The number of fused-ring (bicyclic) bond motifs is 5. The van der Waals surface area contributed by atoms with Gasteiger partial charge in [0.05, 0.1) is 5.56 Å². The molecule has 2 aliphatic heterocycles. The summed E-state index contributed by atoms with van der Waals surface area (Å²) in [4.78, 5) is 28.1. The number of rotatable bonds is 3. The minimum atomic E-state index is -1.20. The Bertz CT molecular complexity index is 1230. The van der Waals surface area contributed by atoms with Gasteiger partial charge < -0.3 is 19.2 Å². The monoisotopic (exact) mass is 422 g/mol. The molecule has 8 heteroatoms. The van der Waals surface area contributed by atoms with Gasteiger partial charge in [-0.15, -0.1) is 0 Å². The predicted molar refractivity (Wildman–Crippen MR) is 116 cm³/mol. The first-order valence-electron chi connectivity index (χ1n) is 10.7. The number of pyridine rings is 1. The summed E-state index contributed by atoms with van der Waals surface area (Å²) in [6.45, 7) is 5.75. The molecule has 2 bridgehead atoms. The fraction of sp³-hybridized carbons (Fsp3) is 0.391. The molecule has 8 nitrogen and oxygen atoms in total. The quantitative estimate of drug-likeness (QED) is 0.632. The van der Waals surface area contributed by atoms with Crippen LogP contribution in [0.1, 0.15) is 48.3 Å². The average Bonchev–Trinajstić information content (AvgIpc) is 3.13. The van der Waals surface area contributed by atoms with E-state index in [2.05, 4.69) is 18.4 Å². The van der Waals surface area contributed by atoms with E-state index in [1.807, 2.05) is 35.4 Å². The summed E-state index contributed by atoms with van der Waals surface area (Å²) in [6, 6.07) is 11.4. The summed E-state index contributed by atoms with van der Waals surface area (Å²) in [5, 5.41) is 20.4. The van der Waals surface area contributed by atoms with Crippen molar-refractivity contribution in [2.45, 2.75) is 38.8 Å². The van der Waals surface area contributed by atoms with Crippen LogP contribution in [-0.4, -0.2) is 38.2 Å². The first-order valence-corrected chi connectivity index (χ1v) is 10.7. The number of aromatic nitrogens is 2. The molecule has 162 valence electrons. The van der Waals surface area contributed by atoms with Gasteiger partial charge in [0.1, 0.15) is 0 Å². The molecule has 1 fully saturated rings. The lowest BCUT2D eigenvalue weighted by Crippen LogP contribution is -3.00. The molecule has 1 saturated heterocycles. The van der Waals surface area contributed by atoms with Crippen molar-refractivity contribution >= 4 is 22.5 Å². The van der Waals surface area contributed by atoms with Crippen molar-refractivity contribution in [3.05, 3.63) is 69.4 Å². The largest absolute Gasteiger partial charge is 0.595 e. The molecule has 0 spiro atoms. The molecule has 2 N–H and O–H groups in total. The Morgan fingerprint density at radius 2 is 1.94 bits per heavy atom. The van der Waals surface area contributed by atoms with Crippen molar-refractivity contribution in [2.24, 2.45) is 5.92 Å². The number of para-hydroxylation sites is 1. The van der Waals surface area contributed by atoms with Crippen molar-refractivity contribution < 1.29 is 15.2 Å². The third kappa shape index (κ3) is 3.18. The number of hydrogen-bond acceptors (Lipinski definition) is 4. The summed E-state index contributed by atoms with van der Waals surface area (Å²) in [5.74, 6) is 0.184. The number of amides is 1. The summed E-state index contributed by atoms with van der Waals surface area (Å²) in [6.07, 6.45) is 2.86. The highest BCUT2D eigenvalue weighted by molar-refractivity contribution is 6.07. The normalized spacial score (nSPS) is 21.4. The van der Waals surface area contributed by atoms with E-state index >= 15 is 0 Å². The van der Waals surface area contributed by atoms with Crippen molar-refractivity contribution in [3.63, 3.8) is 0 Å². The van der Waals surface area contributed by atoms with Crippen LogP contribution in [0.2, 0.25) is 0 Å². The number of piperidine rings is 1. The van der Waals surface area contributed by atoms with Gasteiger partial charge >= 0.3 is 5.56 Å². The summed E-state index contributed by atoms with van der Waals surface area (Å²) >= 11 is 0. The third-order valence-corrected chi connectivity index (χ3v) is 6.65. The van der Waals surface area contributed by atoms with Crippen molar-refractivity contribution in [1.29, 1.82) is 0 Å². The number of nitrogens with one attached hydrogen (secondary N) is 1. The van der Waals surface area contributed by atoms with E-state index in [0.29, 0.717) is 25.2 Å². The second kappa shape index (κ2) is 7.33. The molecule has 0 aliphatic carbocycles. The fourth-order valence-electron chi connectivity index (χ4n) is 5.25. The van der Waals surface area contributed by atoms with E-state index < -0.39 is 10.8 Å². The zero-order chi connectivity index (χ0) is 21.9. The standard InChI is InChI=1S/C23H26N4O4/c1-14(2)25-13-18(17-5-3-4-6-20(17)25)22(28)24-10-15-9-16(12-24)19-7-8-21(27(30)31)23(29)26(19)11-15/h3-8,13-16,27,30H,9-12H2,1-2H3. The minimum Gasteiger partial charge on any atom is -0.595 e. The van der Waals surface area contributed by atoms with Gasteiger partial charge in [-0.2, -0.15) is 5.23 Å². The van der Waals surface area contributed by atoms with E-state index in [1.54, 1.807) is 10.6 Å². The highest BCUT2D eigenvalue weighted by atomic mass is 16.8. The van der Waals surface area contributed by atoms with E-state index in [9.17, 15) is 20.0 Å². The van der Waals surface area contributed by atoms with Crippen LogP contribution in [0.5, 0.6) is 0 Å². The molecule has 0 radical (unpaired) electrons. The zero-order valence-corrected chi connectivity index (χ0v) is 17.6. The summed E-state index contributed by atoms with van der Waals surface area (Å²) in [7, 11) is 0. The van der Waals surface area contributed by atoms with Gasteiger partial charge in [-0.1, -0.05) is 18.2 Å². The molecular formula is C23H26N4O4. The number of quaternary nitrogens is 1. The number of carbonyl (C=O) groups is 1. The molecule has 2 aliphatic rings. The van der Waals surface area contributed by atoms with Crippen LogP contribution in [0.4, 0.5) is 5.69 Å². The summed E-state index contributed by atoms with van der Waals surface area (Å²) < 4.78 is 3.74. The SMILES string of the molecule is CC(C)n1cc(C(=O)N2CC3CC(C2)c2ccc([NH+]([O-])O)c(=O)n2C3)c2ccccc21. The van der Waals surface area contributed by atoms with Crippen molar-refractivity contribution in [2.75, 3.05) is 13.1 Å². The smallest absolute Gasteiger partial charge is 0.315 e. The van der Waals surface area contributed by atoms with Crippen LogP contribution in [-0.2, 0) is 6.54 Å². The van der Waals surface area contributed by atoms with Crippen LogP contribution in [0, 0.1) is 11.1 Å². The zero-order valence-electron chi connectivity index (χ0n) is 17.6. The van der Waals surface area contributed by atoms with Gasteiger partial charge in [-0.05, 0) is 38.3 Å². The number of benzene rings is 1. The lowest BCUT2D eigenvalue weighted by molar-refractivity contribution is -0.992. The van der Waals surface area contributed by atoms with Crippen LogP contribution >= 0.6 is 0 Å². The molecule has 3 unspecified atom stereocenters. The van der Waals surface area contributed by atoms with Gasteiger partial charge in [0.15, 0.2) is 0 Å². The average molecular weight is 422 g/mol. The Morgan fingerprint density at radius 3 is 2.68 bits per heavy atom. The molecule has 3 atom stereocenters. The maximum absolute atomic E-state index is 13.6. The van der Waals surface area contributed by atoms with E-state index in [-0.39, 0.29) is 29.5 Å². The summed E-state index contributed by atoms with van der Waals surface area (Å²) in [5.41, 5.74) is 1.95. The molecule has 0 saturated carbocycles. The van der Waals surface area contributed by atoms with Crippen LogP contribution < -0.4 is 10.8 Å². The van der Waals surface area contributed by atoms with Gasteiger partial charge in [0, 0.05) is 60.5 Å². The maximum Gasteiger partial charge on any atom is 0.315 e. The van der Waals surface area contributed by atoms with Gasteiger partial charge in [-0.25, -0.2) is 5.21 Å². The minimum absolute atomic E-state index is 0.0169. The van der Waals surface area contributed by atoms with Crippen molar-refractivity contribution in [3.8, 4) is 0 Å². The molecule has 3 aromatic rings. The first kappa shape index (κ1) is 20.0. The first-order chi connectivity index (χ1) is 14.8. The highest BCUT2D eigenvalue weighted by Crippen LogP contribution is 2.36. The molecule has 31 heavy (non-hydrogen) atoms. The number of likely N-dealkylation sites (tertiary alicyclic amines) is 1. The Morgan fingerprint density at radius 1 is 1.16 bits per heavy atom. The van der Waals surface area contributed by atoms with Gasteiger partial charge in [0.2, 0.25) is 5.69 Å². The second-order valence-electron chi connectivity index (χ2n) is 8.96. The number of nitrogens with zero attached hydrogens (tertiary/aromatic N) is 3. The lowest BCUT2D eigenvalue weighted by Gasteiger charge is -2.42. The van der Waals surface area contributed by atoms with Crippen LogP contribution in [0.15, 0.2) is 47.4 Å². The topological polar surface area (TPSA) is 95.0 Å². The Kier molecular flexibility index (Phi) is 4.73. The molecule has 1 amide bonds. The lowest BCUT2D eigenvalue weighted by atomic mass is 9.83. The van der Waals surface area contributed by atoms with Gasteiger partial charge in [0.25, 0.3) is 5.91 Å². The number of carbonyl (C=O) groups excluding carboxylic acids is 1.